The standard InChI is InChI=1S/C24H28N2O4/c1-3-19-9-11-21(12-10-19)25-22(28)17-30-23(29)24(20-7-5-4-6-8-20)13-15-26(16-14-24)18(2)27/h4-12H,3,13-17H2,1-2H3,(H,25,28). The molecule has 0 aromatic heterocycles. The van der Waals surface area contributed by atoms with Crippen molar-refractivity contribution in [3.63, 3.8) is 0 Å². The molecule has 6 heteroatoms. The lowest BCUT2D eigenvalue weighted by atomic mass is 9.72. The Bertz CT molecular complexity index is 885. The zero-order valence-corrected chi connectivity index (χ0v) is 17.5. The number of nitrogens with one attached hydrogen (secondary N) is 1. The molecule has 3 rings (SSSR count). The van der Waals surface area contributed by atoms with Crippen molar-refractivity contribution in [2.45, 2.75) is 38.5 Å². The van der Waals surface area contributed by atoms with Crippen LogP contribution >= 0.6 is 0 Å². The normalized spacial score (nSPS) is 15.3. The predicted octanol–water partition coefficient (Wildman–Crippen LogP) is 3.31. The lowest BCUT2D eigenvalue weighted by Crippen LogP contribution is -2.49. The van der Waals surface area contributed by atoms with Gasteiger partial charge in [0.25, 0.3) is 5.91 Å². The summed E-state index contributed by atoms with van der Waals surface area (Å²) in [4.78, 5) is 38.9. The van der Waals surface area contributed by atoms with Gasteiger partial charge < -0.3 is 15.0 Å². The van der Waals surface area contributed by atoms with Crippen LogP contribution < -0.4 is 5.32 Å². The number of nitrogens with zero attached hydrogens (tertiary/aromatic N) is 1. The molecule has 0 unspecified atom stereocenters. The molecule has 1 saturated heterocycles. The average molecular weight is 408 g/mol. The zero-order chi connectivity index (χ0) is 21.6. The molecule has 0 aliphatic carbocycles. The summed E-state index contributed by atoms with van der Waals surface area (Å²) < 4.78 is 5.46. The number of ether oxygens (including phenoxy) is 1. The first-order valence-electron chi connectivity index (χ1n) is 10.3. The first-order chi connectivity index (χ1) is 14.4. The molecule has 0 radical (unpaired) electrons. The van der Waals surface area contributed by atoms with Gasteiger partial charge in [-0.3, -0.25) is 14.4 Å². The van der Waals surface area contributed by atoms with Gasteiger partial charge in [-0.05, 0) is 42.5 Å². The number of benzene rings is 2. The zero-order valence-electron chi connectivity index (χ0n) is 17.5. The minimum atomic E-state index is -0.851. The highest BCUT2D eigenvalue weighted by atomic mass is 16.5. The topological polar surface area (TPSA) is 75.7 Å². The smallest absolute Gasteiger partial charge is 0.317 e. The van der Waals surface area contributed by atoms with Crippen LogP contribution in [0.2, 0.25) is 0 Å². The molecule has 2 amide bonds. The van der Waals surface area contributed by atoms with Crippen LogP contribution in [0.4, 0.5) is 5.69 Å². The first kappa shape index (κ1) is 21.6. The van der Waals surface area contributed by atoms with Crippen LogP contribution in [-0.2, 0) is 31.0 Å². The molecular weight excluding hydrogens is 380 g/mol. The van der Waals surface area contributed by atoms with Crippen LogP contribution in [0.3, 0.4) is 0 Å². The first-order valence-corrected chi connectivity index (χ1v) is 10.3. The van der Waals surface area contributed by atoms with Crippen molar-refractivity contribution in [1.29, 1.82) is 0 Å². The van der Waals surface area contributed by atoms with Gasteiger partial charge in [0, 0.05) is 25.7 Å². The van der Waals surface area contributed by atoms with Gasteiger partial charge in [-0.1, -0.05) is 49.4 Å². The Labute approximate surface area is 177 Å². The molecule has 2 aromatic carbocycles. The Hall–Kier alpha value is -3.15. The number of hydrogen-bond donors (Lipinski definition) is 1. The number of carbonyl (C=O) groups is 3. The van der Waals surface area contributed by atoms with Crippen molar-refractivity contribution in [2.75, 3.05) is 25.0 Å². The Kier molecular flexibility index (Phi) is 6.87. The van der Waals surface area contributed by atoms with Gasteiger partial charge in [0.05, 0.1) is 5.41 Å². The summed E-state index contributed by atoms with van der Waals surface area (Å²) in [6.45, 7) is 4.21. The number of carbonyl (C=O) groups excluding carboxylic acids is 3. The second kappa shape index (κ2) is 9.57. The predicted molar refractivity (Wildman–Crippen MR) is 115 cm³/mol. The third kappa shape index (κ3) is 4.87. The van der Waals surface area contributed by atoms with Crippen molar-refractivity contribution >= 4 is 23.5 Å². The number of rotatable bonds is 6. The molecular formula is C24H28N2O4. The molecule has 0 atom stereocenters. The minimum absolute atomic E-state index is 0.00139. The van der Waals surface area contributed by atoms with Gasteiger partial charge in [-0.15, -0.1) is 0 Å². The molecule has 1 aliphatic heterocycles. The molecule has 6 nitrogen and oxygen atoms in total. The largest absolute Gasteiger partial charge is 0.455 e. The van der Waals surface area contributed by atoms with Crippen molar-refractivity contribution < 1.29 is 19.1 Å². The van der Waals surface area contributed by atoms with E-state index in [1.807, 2.05) is 54.6 Å². The maximum atomic E-state index is 13.1. The van der Waals surface area contributed by atoms with Gasteiger partial charge >= 0.3 is 5.97 Å². The number of anilines is 1. The van der Waals surface area contributed by atoms with E-state index in [0.717, 1.165) is 12.0 Å². The van der Waals surface area contributed by atoms with Gasteiger partial charge in [-0.2, -0.15) is 0 Å². The summed E-state index contributed by atoms with van der Waals surface area (Å²) in [6, 6.07) is 17.0. The summed E-state index contributed by atoms with van der Waals surface area (Å²) >= 11 is 0. The summed E-state index contributed by atoms with van der Waals surface area (Å²) in [7, 11) is 0. The van der Waals surface area contributed by atoms with Gasteiger partial charge in [-0.25, -0.2) is 0 Å². The number of esters is 1. The van der Waals surface area contributed by atoms with Crippen LogP contribution in [0, 0.1) is 0 Å². The van der Waals surface area contributed by atoms with Crippen molar-refractivity contribution in [3.8, 4) is 0 Å². The molecule has 0 saturated carbocycles. The number of hydrogen-bond acceptors (Lipinski definition) is 4. The third-order valence-corrected chi connectivity index (χ3v) is 5.76. The molecule has 1 heterocycles. The van der Waals surface area contributed by atoms with Crippen molar-refractivity contribution in [2.24, 2.45) is 0 Å². The van der Waals surface area contributed by atoms with E-state index in [-0.39, 0.29) is 18.4 Å². The van der Waals surface area contributed by atoms with E-state index in [1.54, 1.807) is 4.90 Å². The summed E-state index contributed by atoms with van der Waals surface area (Å²) in [5, 5.41) is 2.76. The minimum Gasteiger partial charge on any atom is -0.455 e. The monoisotopic (exact) mass is 408 g/mol. The van der Waals surface area contributed by atoms with Crippen molar-refractivity contribution in [3.05, 3.63) is 65.7 Å². The van der Waals surface area contributed by atoms with Crippen molar-refractivity contribution in [1.82, 2.24) is 4.90 Å². The van der Waals surface area contributed by atoms with Crippen LogP contribution in [0.1, 0.15) is 37.8 Å². The SMILES string of the molecule is CCc1ccc(NC(=O)COC(=O)C2(c3ccccc3)CCN(C(C)=O)CC2)cc1. The van der Waals surface area contributed by atoms with Gasteiger partial charge in [0.15, 0.2) is 6.61 Å². The average Bonchev–Trinajstić information content (AvgIpc) is 2.78. The molecule has 1 N–H and O–H groups in total. The van der Waals surface area contributed by atoms with E-state index in [9.17, 15) is 14.4 Å². The summed E-state index contributed by atoms with van der Waals surface area (Å²) in [6.07, 6.45) is 1.86. The third-order valence-electron chi connectivity index (χ3n) is 5.76. The number of piperidine rings is 1. The maximum absolute atomic E-state index is 13.1. The van der Waals surface area contributed by atoms with E-state index >= 15 is 0 Å². The highest BCUT2D eigenvalue weighted by Crippen LogP contribution is 2.37. The number of aryl methyl sites for hydroxylation is 1. The van der Waals surface area contributed by atoms with E-state index in [1.165, 1.54) is 12.5 Å². The molecule has 1 aliphatic rings. The van der Waals surface area contributed by atoms with Gasteiger partial charge in [0.1, 0.15) is 0 Å². The van der Waals surface area contributed by atoms with E-state index < -0.39 is 11.4 Å². The molecule has 2 aromatic rings. The fraction of sp³-hybridized carbons (Fsp3) is 0.375. The Morgan fingerprint density at radius 1 is 1.00 bits per heavy atom. The highest BCUT2D eigenvalue weighted by molar-refractivity contribution is 5.94. The quantitative estimate of drug-likeness (QED) is 0.744. The highest BCUT2D eigenvalue weighted by Gasteiger charge is 2.44. The Morgan fingerprint density at radius 2 is 1.63 bits per heavy atom. The Balaban J connectivity index is 1.66. The molecule has 158 valence electrons. The van der Waals surface area contributed by atoms with Crippen LogP contribution in [0.25, 0.3) is 0 Å². The van der Waals surface area contributed by atoms with E-state index in [0.29, 0.717) is 31.6 Å². The molecule has 1 fully saturated rings. The van der Waals surface area contributed by atoms with Crippen LogP contribution in [0.5, 0.6) is 0 Å². The number of likely N-dealkylation sites (tertiary alicyclic amines) is 1. The fourth-order valence-corrected chi connectivity index (χ4v) is 3.86. The second-order valence-electron chi connectivity index (χ2n) is 7.63. The number of amides is 2. The van der Waals surface area contributed by atoms with Gasteiger partial charge in [0.2, 0.25) is 5.91 Å². The lowest BCUT2D eigenvalue weighted by Gasteiger charge is -2.40. The maximum Gasteiger partial charge on any atom is 0.317 e. The lowest BCUT2D eigenvalue weighted by molar-refractivity contribution is -0.156. The van der Waals surface area contributed by atoms with E-state index in [4.69, 9.17) is 4.74 Å². The second-order valence-corrected chi connectivity index (χ2v) is 7.63. The molecule has 0 bridgehead atoms. The summed E-state index contributed by atoms with van der Waals surface area (Å²) in [5.41, 5.74) is 1.85. The molecule has 0 spiro atoms. The van der Waals surface area contributed by atoms with E-state index in [2.05, 4.69) is 12.2 Å². The van der Waals surface area contributed by atoms with Crippen LogP contribution in [0.15, 0.2) is 54.6 Å². The van der Waals surface area contributed by atoms with Crippen LogP contribution in [-0.4, -0.2) is 42.4 Å². The molecule has 30 heavy (non-hydrogen) atoms. The Morgan fingerprint density at radius 3 is 2.20 bits per heavy atom. The fourth-order valence-electron chi connectivity index (χ4n) is 3.86. The summed E-state index contributed by atoms with van der Waals surface area (Å²) in [5.74, 6) is -0.802.